The number of alkyl halides is 6. The quantitative estimate of drug-likeness (QED) is 0.127. The van der Waals surface area contributed by atoms with Crippen LogP contribution in [0.25, 0.3) is 5.57 Å². The first kappa shape index (κ1) is 37.2. The Morgan fingerprint density at radius 1 is 0.732 bits per heavy atom. The first-order valence-corrected chi connectivity index (χ1v) is 18.0. The van der Waals surface area contributed by atoms with Gasteiger partial charge in [-0.2, -0.15) is 26.3 Å². The first-order chi connectivity index (χ1) is 26.4. The monoisotopic (exact) mass is 769 g/mol. The van der Waals surface area contributed by atoms with Crippen molar-refractivity contribution < 1.29 is 50.6 Å². The summed E-state index contributed by atoms with van der Waals surface area (Å²) in [6.07, 6.45) is -7.56. The van der Waals surface area contributed by atoms with E-state index in [0.29, 0.717) is 50.4 Å². The predicted molar refractivity (Wildman–Crippen MR) is 193 cm³/mol. The maximum absolute atomic E-state index is 15.2. The molecule has 4 aliphatic rings. The number of rotatable bonds is 4. The van der Waals surface area contributed by atoms with Crippen LogP contribution in [0.3, 0.4) is 0 Å². The molecule has 6 atom stereocenters. The van der Waals surface area contributed by atoms with E-state index in [4.69, 9.17) is 0 Å². The van der Waals surface area contributed by atoms with Gasteiger partial charge in [-0.1, -0.05) is 84.4 Å². The highest BCUT2D eigenvalue weighted by molar-refractivity contribution is 6.32. The van der Waals surface area contributed by atoms with Crippen molar-refractivity contribution in [2.24, 2.45) is 23.7 Å². The van der Waals surface area contributed by atoms with Crippen molar-refractivity contribution in [3.63, 3.8) is 0 Å². The second-order valence-electron chi connectivity index (χ2n) is 15.1. The van der Waals surface area contributed by atoms with Crippen LogP contribution in [-0.4, -0.2) is 28.5 Å². The van der Waals surface area contributed by atoms with Crippen molar-refractivity contribution in [1.29, 1.82) is 0 Å². The summed E-state index contributed by atoms with van der Waals surface area (Å²) in [6.45, 7) is 3.37. The third-order valence-corrected chi connectivity index (χ3v) is 12.1. The summed E-state index contributed by atoms with van der Waals surface area (Å²) >= 11 is 0. The summed E-state index contributed by atoms with van der Waals surface area (Å²) in [5.74, 6) is -8.08. The highest BCUT2D eigenvalue weighted by atomic mass is 19.4. The molecule has 0 aromatic heterocycles. The average Bonchev–Trinajstić information content (AvgIpc) is 3.42. The number of phenolic OH excluding ortho intramolecular Hbond substituents is 1. The molecule has 1 N–H and O–H groups in total. The van der Waals surface area contributed by atoms with Crippen LogP contribution < -0.4 is 4.90 Å². The number of benzene rings is 4. The lowest BCUT2D eigenvalue weighted by atomic mass is 9.44. The number of hydrogen-bond acceptors (Lipinski definition) is 5. The highest BCUT2D eigenvalue weighted by Gasteiger charge is 2.66. The molecule has 1 saturated carbocycles. The van der Waals surface area contributed by atoms with Gasteiger partial charge < -0.3 is 5.11 Å². The van der Waals surface area contributed by atoms with E-state index in [-0.39, 0.29) is 41.8 Å². The van der Waals surface area contributed by atoms with Crippen LogP contribution >= 0.6 is 0 Å². The number of aryl methyl sites for hydroxylation is 2. The fourth-order valence-electron chi connectivity index (χ4n) is 9.73. The molecule has 0 spiro atoms. The number of Topliss-reactive ketones (excluding diaryl/α,β-unsaturated/α-hetero) is 1. The van der Waals surface area contributed by atoms with Crippen molar-refractivity contribution in [1.82, 2.24) is 0 Å². The van der Waals surface area contributed by atoms with Crippen molar-refractivity contribution in [3.05, 3.63) is 148 Å². The van der Waals surface area contributed by atoms with Gasteiger partial charge in [-0.25, -0.2) is 4.90 Å². The number of nitrogens with zero attached hydrogens (tertiary/aromatic N) is 1. The van der Waals surface area contributed by atoms with E-state index in [9.17, 15) is 41.0 Å². The average molecular weight is 770 g/mol. The second kappa shape index (κ2) is 12.9. The Morgan fingerprint density at radius 3 is 1.88 bits per heavy atom. The van der Waals surface area contributed by atoms with Gasteiger partial charge in [-0.05, 0) is 84.7 Å². The van der Waals surface area contributed by atoms with Gasteiger partial charge in [0.2, 0.25) is 11.8 Å². The van der Waals surface area contributed by atoms with E-state index in [1.54, 1.807) is 92.7 Å². The van der Waals surface area contributed by atoms with Crippen LogP contribution in [0.2, 0.25) is 0 Å². The number of amides is 2. The lowest BCUT2D eigenvalue weighted by molar-refractivity contribution is -0.143. The lowest BCUT2D eigenvalue weighted by Gasteiger charge is -2.55. The van der Waals surface area contributed by atoms with Gasteiger partial charge in [-0.15, -0.1) is 0 Å². The van der Waals surface area contributed by atoms with E-state index in [1.807, 2.05) is 0 Å². The molecule has 4 aromatic rings. The minimum absolute atomic E-state index is 0.0212. The van der Waals surface area contributed by atoms with Gasteiger partial charge in [-0.3, -0.25) is 19.2 Å². The zero-order valence-corrected chi connectivity index (χ0v) is 29.9. The molecule has 56 heavy (non-hydrogen) atoms. The minimum atomic E-state index is -5.22. The molecule has 4 aromatic carbocycles. The zero-order valence-electron chi connectivity index (χ0n) is 29.9. The molecule has 3 aliphatic carbocycles. The Kier molecular flexibility index (Phi) is 8.55. The predicted octanol–water partition coefficient (Wildman–Crippen LogP) is 9.08. The Labute approximate surface area is 317 Å². The van der Waals surface area contributed by atoms with Crippen molar-refractivity contribution in [3.8, 4) is 5.75 Å². The van der Waals surface area contributed by atoms with Crippen molar-refractivity contribution >= 4 is 34.6 Å². The first-order valence-electron chi connectivity index (χ1n) is 18.0. The summed E-state index contributed by atoms with van der Waals surface area (Å²) in [7, 11) is 0. The Balaban J connectivity index is 1.34. The summed E-state index contributed by atoms with van der Waals surface area (Å²) in [5.41, 5.74) is -2.53. The standard InChI is InChI=1S/C44H33F6NO5/c1-22-15-25(16-23(2)38(22)53)37-30-13-14-31-36(41(56)51(40(31)55)29-18-27(43(45,46)47)17-28(19-29)44(48,49)50)33(30)20-34-39(54)32(24-9-5-3-6-10-24)21-35(52)42(34,37)26-11-7-4-8-12-26/h3-13,15-19,21,31,33-34,36-37,53H,14,20H2,1-2H3. The number of phenols is 1. The maximum Gasteiger partial charge on any atom is 0.416 e. The van der Waals surface area contributed by atoms with Crippen LogP contribution in [0, 0.1) is 37.5 Å². The van der Waals surface area contributed by atoms with E-state index in [2.05, 4.69) is 0 Å². The van der Waals surface area contributed by atoms with Gasteiger partial charge in [0, 0.05) is 17.4 Å². The number of fused-ring (bicyclic) bond motifs is 4. The van der Waals surface area contributed by atoms with E-state index < -0.39 is 76.0 Å². The summed E-state index contributed by atoms with van der Waals surface area (Å²) in [6, 6.07) is 21.5. The molecule has 12 heteroatoms. The number of carbonyl (C=O) groups is 4. The largest absolute Gasteiger partial charge is 0.507 e. The van der Waals surface area contributed by atoms with Crippen molar-refractivity contribution in [2.45, 2.75) is 50.4 Å². The number of allylic oxidation sites excluding steroid dienone is 4. The van der Waals surface area contributed by atoms with Gasteiger partial charge in [0.15, 0.2) is 11.6 Å². The second-order valence-corrected chi connectivity index (χ2v) is 15.1. The summed E-state index contributed by atoms with van der Waals surface area (Å²) < 4.78 is 83.6. The molecule has 1 aliphatic heterocycles. The van der Waals surface area contributed by atoms with Crippen LogP contribution in [0.1, 0.15) is 57.7 Å². The molecule has 2 fully saturated rings. The molecular weight excluding hydrogens is 736 g/mol. The van der Waals surface area contributed by atoms with Crippen LogP contribution in [-0.2, 0) is 36.9 Å². The van der Waals surface area contributed by atoms with Gasteiger partial charge in [0.1, 0.15) is 5.75 Å². The Morgan fingerprint density at radius 2 is 1.30 bits per heavy atom. The van der Waals surface area contributed by atoms with E-state index >= 15 is 9.59 Å². The van der Waals surface area contributed by atoms with Crippen LogP contribution in [0.15, 0.2) is 109 Å². The highest BCUT2D eigenvalue weighted by Crippen LogP contribution is 2.64. The third-order valence-electron chi connectivity index (χ3n) is 12.1. The molecular formula is C44H33F6NO5. The number of anilines is 1. The molecule has 6 unspecified atom stereocenters. The molecule has 1 saturated heterocycles. The zero-order chi connectivity index (χ0) is 40.1. The molecule has 8 rings (SSSR count). The third kappa shape index (κ3) is 5.55. The van der Waals surface area contributed by atoms with E-state index in [1.165, 1.54) is 6.08 Å². The van der Waals surface area contributed by atoms with Crippen LogP contribution in [0.5, 0.6) is 5.75 Å². The fraction of sp³-hybridized carbons (Fsp3) is 0.273. The van der Waals surface area contributed by atoms with Gasteiger partial charge >= 0.3 is 12.4 Å². The minimum Gasteiger partial charge on any atom is -0.507 e. The van der Waals surface area contributed by atoms with Gasteiger partial charge in [0.05, 0.1) is 34.1 Å². The Bertz CT molecular complexity index is 2340. The Hall–Kier alpha value is -5.78. The summed E-state index contributed by atoms with van der Waals surface area (Å²) in [5, 5.41) is 10.8. The molecule has 2 amide bonds. The van der Waals surface area contributed by atoms with Crippen molar-refractivity contribution in [2.75, 3.05) is 4.90 Å². The SMILES string of the molecule is Cc1cc(C2C3=CCC4C(=O)N(c5cc(C(F)(F)F)cc(C(F)(F)F)c5)C(=O)C4C3CC3C(=O)C(c4ccccc4)=CC(=O)C32c2ccccc2)cc(C)c1O. The molecule has 286 valence electrons. The number of halogens is 6. The molecule has 1 heterocycles. The van der Waals surface area contributed by atoms with E-state index in [0.717, 1.165) is 0 Å². The number of carbonyl (C=O) groups excluding carboxylic acids is 4. The van der Waals surface area contributed by atoms with Gasteiger partial charge in [0.25, 0.3) is 0 Å². The van der Waals surface area contributed by atoms with Crippen LogP contribution in [0.4, 0.5) is 32.0 Å². The number of hydrogen-bond donors (Lipinski definition) is 1. The normalized spacial score (nSPS) is 26.4. The molecule has 0 bridgehead atoms. The summed E-state index contributed by atoms with van der Waals surface area (Å²) in [4.78, 5) is 59.3. The molecule has 6 nitrogen and oxygen atoms in total. The lowest BCUT2D eigenvalue weighted by Crippen LogP contribution is -2.58. The number of ketones is 2. The fourth-order valence-corrected chi connectivity index (χ4v) is 9.73. The topological polar surface area (TPSA) is 91.8 Å². The molecule has 0 radical (unpaired) electrons. The smallest absolute Gasteiger partial charge is 0.416 e. The maximum atomic E-state index is 15.2. The number of imide groups is 1. The number of aromatic hydroxyl groups is 1.